The summed E-state index contributed by atoms with van der Waals surface area (Å²) in [5, 5.41) is 2.16. The van der Waals surface area contributed by atoms with Crippen LogP contribution in [0.25, 0.3) is 0 Å². The van der Waals surface area contributed by atoms with E-state index < -0.39 is 11.8 Å². The molecule has 2 amide bonds. The lowest BCUT2D eigenvalue weighted by atomic mass is 10.3. The van der Waals surface area contributed by atoms with Gasteiger partial charge in [0.25, 0.3) is 0 Å². The molecule has 0 radical (unpaired) electrons. The molecule has 0 aliphatic carbocycles. The number of urea groups is 1. The first-order valence-electron chi connectivity index (χ1n) is 3.11. The summed E-state index contributed by atoms with van der Waals surface area (Å²) in [5.41, 5.74) is 4.91. The van der Waals surface area contributed by atoms with E-state index in [1.165, 1.54) is 12.1 Å². The number of halogens is 2. The molecule has 0 fully saturated rings. The van der Waals surface area contributed by atoms with E-state index in [4.69, 9.17) is 5.73 Å². The number of hydrogen-bond acceptors (Lipinski definition) is 1. The van der Waals surface area contributed by atoms with Gasteiger partial charge in [0.1, 0.15) is 5.82 Å². The van der Waals surface area contributed by atoms with Gasteiger partial charge in [-0.1, -0.05) is 0 Å². The summed E-state index contributed by atoms with van der Waals surface area (Å²) in [5.74, 6) is -0.485. The number of hydrogen-bond donors (Lipinski definition) is 2. The Labute approximate surface area is 82.3 Å². The third-order valence-electron chi connectivity index (χ3n) is 1.19. The van der Waals surface area contributed by atoms with Gasteiger partial charge in [-0.15, -0.1) is 0 Å². The van der Waals surface area contributed by atoms with Gasteiger partial charge in [0.2, 0.25) is 0 Å². The van der Waals surface area contributed by atoms with E-state index in [-0.39, 0.29) is 5.69 Å². The molecule has 0 spiro atoms. The van der Waals surface area contributed by atoms with Crippen molar-refractivity contribution in [2.24, 2.45) is 5.73 Å². The van der Waals surface area contributed by atoms with Crippen LogP contribution in [0.15, 0.2) is 18.2 Å². The van der Waals surface area contributed by atoms with Crippen molar-refractivity contribution >= 4 is 34.3 Å². The largest absolute Gasteiger partial charge is 0.351 e. The Balaban J connectivity index is 2.93. The number of nitrogens with one attached hydrogen (secondary N) is 1. The molecule has 0 aromatic heterocycles. The van der Waals surface area contributed by atoms with E-state index in [9.17, 15) is 9.18 Å². The first-order chi connectivity index (χ1) is 5.59. The van der Waals surface area contributed by atoms with Crippen LogP contribution in [0.4, 0.5) is 14.9 Å². The number of carbonyl (C=O) groups excluding carboxylic acids is 1. The SMILES string of the molecule is NC(=O)Nc1ccc(I)cc1F. The Bertz CT molecular complexity index is 316. The highest BCUT2D eigenvalue weighted by Gasteiger charge is 2.03. The fraction of sp³-hybridized carbons (Fsp3) is 0. The maximum Gasteiger partial charge on any atom is 0.316 e. The van der Waals surface area contributed by atoms with E-state index in [2.05, 4.69) is 5.32 Å². The van der Waals surface area contributed by atoms with Crippen molar-refractivity contribution in [3.63, 3.8) is 0 Å². The normalized spacial score (nSPS) is 9.50. The second-order valence-corrected chi connectivity index (χ2v) is 3.36. The van der Waals surface area contributed by atoms with E-state index in [1.807, 2.05) is 22.6 Å². The summed E-state index contributed by atoms with van der Waals surface area (Å²) in [6.07, 6.45) is 0. The van der Waals surface area contributed by atoms with Gasteiger partial charge in [-0.2, -0.15) is 0 Å². The van der Waals surface area contributed by atoms with Gasteiger partial charge in [-0.25, -0.2) is 9.18 Å². The Morgan fingerprint density at radius 3 is 2.75 bits per heavy atom. The smallest absolute Gasteiger partial charge is 0.316 e. The quantitative estimate of drug-likeness (QED) is 0.759. The molecule has 0 aliphatic heterocycles. The third-order valence-corrected chi connectivity index (χ3v) is 1.86. The zero-order valence-corrected chi connectivity index (χ0v) is 8.13. The Morgan fingerprint density at radius 1 is 1.58 bits per heavy atom. The Kier molecular flexibility index (Phi) is 2.85. The average Bonchev–Trinajstić information content (AvgIpc) is 1.94. The Hall–Kier alpha value is -0.850. The minimum Gasteiger partial charge on any atom is -0.351 e. The monoisotopic (exact) mass is 280 g/mol. The molecule has 64 valence electrons. The molecule has 0 aliphatic rings. The third kappa shape index (κ3) is 2.33. The summed E-state index contributed by atoms with van der Waals surface area (Å²) in [7, 11) is 0. The van der Waals surface area contributed by atoms with Gasteiger partial charge in [-0.05, 0) is 40.8 Å². The molecular formula is C7H6FIN2O. The zero-order chi connectivity index (χ0) is 9.14. The molecular weight excluding hydrogens is 274 g/mol. The molecule has 0 heterocycles. The molecule has 0 saturated carbocycles. The number of benzene rings is 1. The van der Waals surface area contributed by atoms with E-state index in [1.54, 1.807) is 6.07 Å². The van der Waals surface area contributed by atoms with Gasteiger partial charge in [-0.3, -0.25) is 0 Å². The molecule has 12 heavy (non-hydrogen) atoms. The lowest BCUT2D eigenvalue weighted by molar-refractivity contribution is 0.259. The van der Waals surface area contributed by atoms with Crippen LogP contribution in [0.5, 0.6) is 0 Å². The molecule has 0 atom stereocenters. The lowest BCUT2D eigenvalue weighted by Crippen LogP contribution is -2.19. The van der Waals surface area contributed by atoms with Crippen LogP contribution in [-0.4, -0.2) is 6.03 Å². The van der Waals surface area contributed by atoms with Crippen LogP contribution in [0.3, 0.4) is 0 Å². The van der Waals surface area contributed by atoms with E-state index in [0.29, 0.717) is 0 Å². The summed E-state index contributed by atoms with van der Waals surface area (Å²) < 4.78 is 13.7. The molecule has 1 aromatic rings. The summed E-state index contributed by atoms with van der Waals surface area (Å²) >= 11 is 1.97. The zero-order valence-electron chi connectivity index (χ0n) is 5.97. The van der Waals surface area contributed by atoms with Crippen LogP contribution in [0.1, 0.15) is 0 Å². The van der Waals surface area contributed by atoms with Crippen molar-refractivity contribution in [1.29, 1.82) is 0 Å². The first kappa shape index (κ1) is 9.24. The van der Waals surface area contributed by atoms with Crippen molar-refractivity contribution in [1.82, 2.24) is 0 Å². The molecule has 1 rings (SSSR count). The number of carbonyl (C=O) groups is 1. The van der Waals surface area contributed by atoms with E-state index >= 15 is 0 Å². The number of primary amides is 1. The summed E-state index contributed by atoms with van der Waals surface area (Å²) in [6.45, 7) is 0. The fourth-order valence-corrected chi connectivity index (χ4v) is 1.18. The molecule has 0 unspecified atom stereocenters. The van der Waals surface area contributed by atoms with Crippen molar-refractivity contribution < 1.29 is 9.18 Å². The predicted octanol–water partition coefficient (Wildman–Crippen LogP) is 1.92. The second kappa shape index (κ2) is 3.70. The minimum atomic E-state index is -0.768. The highest BCUT2D eigenvalue weighted by atomic mass is 127. The molecule has 0 bridgehead atoms. The standard InChI is InChI=1S/C7H6FIN2O/c8-5-3-4(9)1-2-6(5)11-7(10)12/h1-3H,(H3,10,11,12). The van der Waals surface area contributed by atoms with Gasteiger partial charge < -0.3 is 11.1 Å². The van der Waals surface area contributed by atoms with Crippen molar-refractivity contribution in [2.75, 3.05) is 5.32 Å². The van der Waals surface area contributed by atoms with Gasteiger partial charge in [0.05, 0.1) is 5.69 Å². The van der Waals surface area contributed by atoms with Crippen molar-refractivity contribution in [3.05, 3.63) is 27.6 Å². The van der Waals surface area contributed by atoms with Crippen LogP contribution in [-0.2, 0) is 0 Å². The highest BCUT2D eigenvalue weighted by molar-refractivity contribution is 14.1. The van der Waals surface area contributed by atoms with Gasteiger partial charge in [0, 0.05) is 3.57 Å². The summed E-state index contributed by atoms with van der Waals surface area (Å²) in [6, 6.07) is 3.68. The number of rotatable bonds is 1. The topological polar surface area (TPSA) is 55.1 Å². The van der Waals surface area contributed by atoms with E-state index in [0.717, 1.165) is 3.57 Å². The van der Waals surface area contributed by atoms with Crippen LogP contribution in [0.2, 0.25) is 0 Å². The van der Waals surface area contributed by atoms with Gasteiger partial charge >= 0.3 is 6.03 Å². The second-order valence-electron chi connectivity index (χ2n) is 2.11. The number of anilines is 1. The van der Waals surface area contributed by atoms with Crippen molar-refractivity contribution in [3.8, 4) is 0 Å². The predicted molar refractivity (Wildman–Crippen MR) is 52.3 cm³/mol. The Morgan fingerprint density at radius 2 is 2.25 bits per heavy atom. The maximum absolute atomic E-state index is 12.9. The molecule has 0 saturated heterocycles. The number of amides is 2. The molecule has 1 aromatic carbocycles. The van der Waals surface area contributed by atoms with Crippen LogP contribution < -0.4 is 11.1 Å². The first-order valence-corrected chi connectivity index (χ1v) is 4.19. The lowest BCUT2D eigenvalue weighted by Gasteiger charge is -2.02. The highest BCUT2D eigenvalue weighted by Crippen LogP contribution is 2.16. The van der Waals surface area contributed by atoms with Crippen LogP contribution >= 0.6 is 22.6 Å². The van der Waals surface area contributed by atoms with Gasteiger partial charge in [0.15, 0.2) is 0 Å². The number of nitrogens with two attached hydrogens (primary N) is 1. The maximum atomic E-state index is 12.9. The molecule has 3 nitrogen and oxygen atoms in total. The average molecular weight is 280 g/mol. The molecule has 3 N–H and O–H groups in total. The minimum absolute atomic E-state index is 0.0999. The fourth-order valence-electron chi connectivity index (χ4n) is 0.724. The molecule has 5 heteroatoms. The van der Waals surface area contributed by atoms with Crippen LogP contribution in [0, 0.1) is 9.39 Å². The summed E-state index contributed by atoms with van der Waals surface area (Å²) in [4.78, 5) is 10.3. The van der Waals surface area contributed by atoms with Crippen molar-refractivity contribution in [2.45, 2.75) is 0 Å².